The Bertz CT molecular complexity index is 471. The van der Waals surface area contributed by atoms with Gasteiger partial charge in [0.25, 0.3) is 5.91 Å². The molecule has 6 heteroatoms. The number of piperazine rings is 1. The first-order chi connectivity index (χ1) is 9.56. The molecule has 2 unspecified atom stereocenters. The third kappa shape index (κ3) is 5.02. The lowest BCUT2D eigenvalue weighted by atomic mass is 10.1. The highest BCUT2D eigenvalue weighted by Gasteiger charge is 2.24. The van der Waals surface area contributed by atoms with Gasteiger partial charge in [0.05, 0.1) is 6.54 Å². The van der Waals surface area contributed by atoms with Crippen molar-refractivity contribution in [1.82, 2.24) is 15.5 Å². The minimum atomic E-state index is -0.213. The molecular weight excluding hydrogens is 290 g/mol. The maximum Gasteiger partial charge on any atom is 0.251 e. The predicted molar refractivity (Wildman–Crippen MR) is 84.7 cm³/mol. The Hall–Kier alpha value is -1.59. The number of halogens is 1. The Morgan fingerprint density at radius 3 is 2.33 bits per heavy atom. The number of nitrogens with zero attached hydrogens (tertiary/aromatic N) is 1. The van der Waals surface area contributed by atoms with Crippen molar-refractivity contribution in [2.24, 2.45) is 0 Å². The second-order valence-electron chi connectivity index (χ2n) is 5.32. The zero-order valence-electron chi connectivity index (χ0n) is 12.3. The Balaban J connectivity index is 0.00000220. The first-order valence-corrected chi connectivity index (χ1v) is 6.93. The molecule has 21 heavy (non-hydrogen) atoms. The molecule has 1 saturated heterocycles. The molecule has 1 aliphatic heterocycles. The SMILES string of the molecule is CC1CN(C(=O)CNC(=O)c2ccccc2)CC(C)N1.Cl. The van der Waals surface area contributed by atoms with Crippen LogP contribution in [0.2, 0.25) is 0 Å². The highest BCUT2D eigenvalue weighted by Crippen LogP contribution is 2.04. The van der Waals surface area contributed by atoms with Crippen LogP contribution < -0.4 is 10.6 Å². The summed E-state index contributed by atoms with van der Waals surface area (Å²) in [7, 11) is 0. The molecule has 2 N–H and O–H groups in total. The van der Waals surface area contributed by atoms with Crippen molar-refractivity contribution in [1.29, 1.82) is 0 Å². The van der Waals surface area contributed by atoms with Gasteiger partial charge in [0.2, 0.25) is 5.91 Å². The second kappa shape index (κ2) is 8.00. The molecule has 0 aliphatic carbocycles. The van der Waals surface area contributed by atoms with E-state index in [0.29, 0.717) is 18.7 Å². The van der Waals surface area contributed by atoms with Gasteiger partial charge in [-0.15, -0.1) is 12.4 Å². The first kappa shape index (κ1) is 17.5. The highest BCUT2D eigenvalue weighted by molar-refractivity contribution is 5.96. The van der Waals surface area contributed by atoms with Gasteiger partial charge in [0.1, 0.15) is 0 Å². The number of carbonyl (C=O) groups excluding carboxylic acids is 2. The van der Waals surface area contributed by atoms with E-state index in [1.807, 2.05) is 6.07 Å². The fraction of sp³-hybridized carbons (Fsp3) is 0.467. The summed E-state index contributed by atoms with van der Waals surface area (Å²) in [5.41, 5.74) is 0.572. The molecule has 2 atom stereocenters. The molecule has 0 saturated carbocycles. The molecule has 0 spiro atoms. The van der Waals surface area contributed by atoms with Gasteiger partial charge in [0, 0.05) is 30.7 Å². The van der Waals surface area contributed by atoms with Crippen LogP contribution in [-0.2, 0) is 4.79 Å². The lowest BCUT2D eigenvalue weighted by Gasteiger charge is -2.36. The summed E-state index contributed by atoms with van der Waals surface area (Å²) in [5, 5.41) is 6.05. The normalized spacial score (nSPS) is 21.3. The van der Waals surface area contributed by atoms with E-state index in [0.717, 1.165) is 0 Å². The largest absolute Gasteiger partial charge is 0.343 e. The summed E-state index contributed by atoms with van der Waals surface area (Å²) >= 11 is 0. The van der Waals surface area contributed by atoms with Gasteiger partial charge in [-0.3, -0.25) is 9.59 Å². The maximum absolute atomic E-state index is 12.1. The van der Waals surface area contributed by atoms with Crippen molar-refractivity contribution in [2.75, 3.05) is 19.6 Å². The van der Waals surface area contributed by atoms with Gasteiger partial charge in [-0.05, 0) is 26.0 Å². The second-order valence-corrected chi connectivity index (χ2v) is 5.32. The van der Waals surface area contributed by atoms with E-state index in [-0.39, 0.29) is 42.8 Å². The summed E-state index contributed by atoms with van der Waals surface area (Å²) in [4.78, 5) is 25.8. The molecule has 0 radical (unpaired) electrons. The summed E-state index contributed by atoms with van der Waals surface area (Å²) < 4.78 is 0. The van der Waals surface area contributed by atoms with Gasteiger partial charge in [-0.2, -0.15) is 0 Å². The van der Waals surface area contributed by atoms with E-state index in [9.17, 15) is 9.59 Å². The average Bonchev–Trinajstić information content (AvgIpc) is 2.44. The molecule has 5 nitrogen and oxygen atoms in total. The summed E-state index contributed by atoms with van der Waals surface area (Å²) in [5.74, 6) is -0.246. The van der Waals surface area contributed by atoms with Crippen molar-refractivity contribution in [3.8, 4) is 0 Å². The topological polar surface area (TPSA) is 61.4 Å². The lowest BCUT2D eigenvalue weighted by Crippen LogP contribution is -2.57. The number of carbonyl (C=O) groups is 2. The van der Waals surface area contributed by atoms with Crippen LogP contribution in [0.4, 0.5) is 0 Å². The molecule has 0 bridgehead atoms. The smallest absolute Gasteiger partial charge is 0.251 e. The molecule has 1 aliphatic rings. The van der Waals surface area contributed by atoms with Crippen molar-refractivity contribution in [3.63, 3.8) is 0 Å². The van der Waals surface area contributed by atoms with E-state index in [2.05, 4.69) is 24.5 Å². The first-order valence-electron chi connectivity index (χ1n) is 6.93. The van der Waals surface area contributed by atoms with Gasteiger partial charge in [-0.25, -0.2) is 0 Å². The van der Waals surface area contributed by atoms with Crippen LogP contribution in [0.5, 0.6) is 0 Å². The average molecular weight is 312 g/mol. The molecule has 1 aromatic carbocycles. The van der Waals surface area contributed by atoms with Crippen molar-refractivity contribution >= 4 is 24.2 Å². The number of hydrogen-bond acceptors (Lipinski definition) is 3. The van der Waals surface area contributed by atoms with Gasteiger partial charge >= 0.3 is 0 Å². The Kier molecular flexibility index (Phi) is 6.65. The van der Waals surface area contributed by atoms with Gasteiger partial charge < -0.3 is 15.5 Å². The quantitative estimate of drug-likeness (QED) is 0.877. The lowest BCUT2D eigenvalue weighted by molar-refractivity contribution is -0.131. The molecule has 1 aromatic rings. The number of benzene rings is 1. The Morgan fingerprint density at radius 1 is 1.19 bits per heavy atom. The molecule has 1 fully saturated rings. The van der Waals surface area contributed by atoms with Crippen LogP contribution in [0.15, 0.2) is 30.3 Å². The highest BCUT2D eigenvalue weighted by atomic mass is 35.5. The summed E-state index contributed by atoms with van der Waals surface area (Å²) in [6.07, 6.45) is 0. The number of hydrogen-bond donors (Lipinski definition) is 2. The van der Waals surface area contributed by atoms with E-state index in [1.165, 1.54) is 0 Å². The van der Waals surface area contributed by atoms with Crippen LogP contribution in [0.1, 0.15) is 24.2 Å². The van der Waals surface area contributed by atoms with Crippen LogP contribution in [-0.4, -0.2) is 48.4 Å². The van der Waals surface area contributed by atoms with Crippen molar-refractivity contribution < 1.29 is 9.59 Å². The number of rotatable bonds is 3. The van der Waals surface area contributed by atoms with Crippen LogP contribution in [0.25, 0.3) is 0 Å². The minimum absolute atomic E-state index is 0. The van der Waals surface area contributed by atoms with Crippen LogP contribution >= 0.6 is 12.4 Å². The molecule has 116 valence electrons. The minimum Gasteiger partial charge on any atom is -0.343 e. The molecule has 2 rings (SSSR count). The molecule has 0 aromatic heterocycles. The third-order valence-electron chi connectivity index (χ3n) is 3.35. The molecule has 1 heterocycles. The zero-order chi connectivity index (χ0) is 14.5. The molecular formula is C15H22ClN3O2. The Morgan fingerprint density at radius 2 is 1.76 bits per heavy atom. The fourth-order valence-electron chi connectivity index (χ4n) is 2.49. The molecule has 2 amide bonds. The number of nitrogens with one attached hydrogen (secondary N) is 2. The predicted octanol–water partition coefficient (Wildman–Crippen LogP) is 1.05. The standard InChI is InChI=1S/C15H21N3O2.ClH/c1-11-9-18(10-12(2)17-11)14(19)8-16-15(20)13-6-4-3-5-7-13;/h3-7,11-12,17H,8-10H2,1-2H3,(H,16,20);1H. The van der Waals surface area contributed by atoms with E-state index in [4.69, 9.17) is 0 Å². The summed E-state index contributed by atoms with van der Waals surface area (Å²) in [6.45, 7) is 5.53. The van der Waals surface area contributed by atoms with Gasteiger partial charge in [-0.1, -0.05) is 18.2 Å². The van der Waals surface area contributed by atoms with Crippen molar-refractivity contribution in [3.05, 3.63) is 35.9 Å². The van der Waals surface area contributed by atoms with Crippen molar-refractivity contribution in [2.45, 2.75) is 25.9 Å². The Labute approximate surface area is 131 Å². The fourth-order valence-corrected chi connectivity index (χ4v) is 2.49. The van der Waals surface area contributed by atoms with E-state index >= 15 is 0 Å². The van der Waals surface area contributed by atoms with E-state index < -0.39 is 0 Å². The zero-order valence-corrected chi connectivity index (χ0v) is 13.2. The van der Waals surface area contributed by atoms with E-state index in [1.54, 1.807) is 29.2 Å². The van der Waals surface area contributed by atoms with Crippen LogP contribution in [0, 0.1) is 0 Å². The maximum atomic E-state index is 12.1. The summed E-state index contributed by atoms with van der Waals surface area (Å²) in [6, 6.07) is 9.49. The van der Waals surface area contributed by atoms with Gasteiger partial charge in [0.15, 0.2) is 0 Å². The number of amides is 2. The van der Waals surface area contributed by atoms with Crippen LogP contribution in [0.3, 0.4) is 0 Å². The third-order valence-corrected chi connectivity index (χ3v) is 3.35. The monoisotopic (exact) mass is 311 g/mol.